The van der Waals surface area contributed by atoms with Gasteiger partial charge in [0.25, 0.3) is 5.69 Å². The maximum absolute atomic E-state index is 10.4. The molecule has 1 aromatic rings. The van der Waals surface area contributed by atoms with Gasteiger partial charge in [-0.05, 0) is 33.6 Å². The zero-order valence-corrected chi connectivity index (χ0v) is 8.97. The molecule has 0 saturated heterocycles. The van der Waals surface area contributed by atoms with Crippen LogP contribution in [-0.2, 0) is 4.79 Å². The van der Waals surface area contributed by atoms with Crippen LogP contribution >= 0.6 is 15.9 Å². The number of hydrogen-bond donors (Lipinski definition) is 1. The quantitative estimate of drug-likeness (QED) is 0.520. The fourth-order valence-corrected chi connectivity index (χ4v) is 1.42. The van der Waals surface area contributed by atoms with Gasteiger partial charge in [0.15, 0.2) is 0 Å². The first kappa shape index (κ1) is 11.4. The summed E-state index contributed by atoms with van der Waals surface area (Å²) in [7, 11) is 0. The second-order valence-corrected chi connectivity index (χ2v) is 3.49. The number of rotatable bonds is 3. The SMILES string of the molecule is O=C(O)/C=C/c1ccc([N+](=O)[O-])cc1Br. The summed E-state index contributed by atoms with van der Waals surface area (Å²) in [5, 5.41) is 18.8. The number of benzene rings is 1. The van der Waals surface area contributed by atoms with Crippen molar-refractivity contribution >= 4 is 33.7 Å². The summed E-state index contributed by atoms with van der Waals surface area (Å²) >= 11 is 3.12. The van der Waals surface area contributed by atoms with E-state index in [1.807, 2.05) is 0 Å². The van der Waals surface area contributed by atoms with Gasteiger partial charge in [0.05, 0.1) is 4.92 Å². The molecule has 0 bridgehead atoms. The summed E-state index contributed by atoms with van der Waals surface area (Å²) in [6.45, 7) is 0. The summed E-state index contributed by atoms with van der Waals surface area (Å²) in [5.41, 5.74) is 0.525. The van der Waals surface area contributed by atoms with Gasteiger partial charge in [-0.25, -0.2) is 4.79 Å². The van der Waals surface area contributed by atoms with Crippen molar-refractivity contribution in [3.05, 3.63) is 44.4 Å². The number of carbonyl (C=O) groups is 1. The Balaban J connectivity index is 3.03. The lowest BCUT2D eigenvalue weighted by molar-refractivity contribution is -0.384. The molecule has 15 heavy (non-hydrogen) atoms. The van der Waals surface area contributed by atoms with Gasteiger partial charge in [0.1, 0.15) is 0 Å². The third-order valence-corrected chi connectivity index (χ3v) is 2.29. The summed E-state index contributed by atoms with van der Waals surface area (Å²) in [4.78, 5) is 20.1. The molecule has 78 valence electrons. The fraction of sp³-hybridized carbons (Fsp3) is 0. The van der Waals surface area contributed by atoms with Crippen LogP contribution in [0.3, 0.4) is 0 Å². The first-order chi connectivity index (χ1) is 7.00. The second kappa shape index (κ2) is 4.70. The topological polar surface area (TPSA) is 80.4 Å². The largest absolute Gasteiger partial charge is 0.478 e. The third kappa shape index (κ3) is 3.17. The highest BCUT2D eigenvalue weighted by atomic mass is 79.9. The van der Waals surface area contributed by atoms with E-state index in [0.717, 1.165) is 6.08 Å². The van der Waals surface area contributed by atoms with Crippen molar-refractivity contribution in [2.75, 3.05) is 0 Å². The number of aliphatic carboxylic acids is 1. The van der Waals surface area contributed by atoms with Gasteiger partial charge in [-0.3, -0.25) is 10.1 Å². The fourth-order valence-electron chi connectivity index (χ4n) is 0.926. The van der Waals surface area contributed by atoms with Crippen molar-refractivity contribution in [3.8, 4) is 0 Å². The number of carboxylic acids is 1. The third-order valence-electron chi connectivity index (χ3n) is 1.60. The van der Waals surface area contributed by atoms with Crippen LogP contribution in [0.25, 0.3) is 6.08 Å². The molecular formula is C9H6BrNO4. The maximum Gasteiger partial charge on any atom is 0.328 e. The van der Waals surface area contributed by atoms with Gasteiger partial charge in [0, 0.05) is 22.7 Å². The van der Waals surface area contributed by atoms with Crippen LogP contribution in [0.2, 0.25) is 0 Å². The number of carboxylic acid groups (broad SMARTS) is 1. The molecule has 6 heteroatoms. The Morgan fingerprint density at radius 2 is 2.20 bits per heavy atom. The van der Waals surface area contributed by atoms with Crippen LogP contribution in [0.15, 0.2) is 28.7 Å². The molecule has 0 atom stereocenters. The number of non-ortho nitro benzene ring substituents is 1. The second-order valence-electron chi connectivity index (χ2n) is 2.63. The van der Waals surface area contributed by atoms with E-state index in [-0.39, 0.29) is 5.69 Å². The van der Waals surface area contributed by atoms with Gasteiger partial charge < -0.3 is 5.11 Å². The maximum atomic E-state index is 10.4. The Morgan fingerprint density at radius 3 is 2.67 bits per heavy atom. The molecule has 5 nitrogen and oxygen atoms in total. The van der Waals surface area contributed by atoms with E-state index >= 15 is 0 Å². The van der Waals surface area contributed by atoms with E-state index < -0.39 is 10.9 Å². The van der Waals surface area contributed by atoms with Crippen molar-refractivity contribution in [1.29, 1.82) is 0 Å². The summed E-state index contributed by atoms with van der Waals surface area (Å²) < 4.78 is 0.481. The Kier molecular flexibility index (Phi) is 3.56. The highest BCUT2D eigenvalue weighted by Crippen LogP contribution is 2.23. The Morgan fingerprint density at radius 1 is 1.53 bits per heavy atom. The van der Waals surface area contributed by atoms with Crippen molar-refractivity contribution in [2.45, 2.75) is 0 Å². The Bertz CT molecular complexity index is 442. The highest BCUT2D eigenvalue weighted by Gasteiger charge is 2.07. The van der Waals surface area contributed by atoms with E-state index in [1.165, 1.54) is 24.3 Å². The minimum absolute atomic E-state index is 0.0469. The molecule has 0 aliphatic heterocycles. The average Bonchev–Trinajstić information content (AvgIpc) is 2.15. The number of nitro benzene ring substituents is 1. The van der Waals surface area contributed by atoms with Gasteiger partial charge in [-0.2, -0.15) is 0 Å². The summed E-state index contributed by atoms with van der Waals surface area (Å²) in [6, 6.07) is 4.11. The van der Waals surface area contributed by atoms with Crippen molar-refractivity contribution in [2.24, 2.45) is 0 Å². The Labute approximate surface area is 93.3 Å². The first-order valence-electron chi connectivity index (χ1n) is 3.85. The molecule has 1 rings (SSSR count). The predicted molar refractivity (Wildman–Crippen MR) is 57.5 cm³/mol. The van der Waals surface area contributed by atoms with E-state index in [1.54, 1.807) is 0 Å². The average molecular weight is 272 g/mol. The van der Waals surface area contributed by atoms with Crippen molar-refractivity contribution in [1.82, 2.24) is 0 Å². The van der Waals surface area contributed by atoms with E-state index in [0.29, 0.717) is 10.0 Å². The molecule has 0 unspecified atom stereocenters. The monoisotopic (exact) mass is 271 g/mol. The molecule has 0 heterocycles. The van der Waals surface area contributed by atoms with Crippen LogP contribution in [0.4, 0.5) is 5.69 Å². The van der Waals surface area contributed by atoms with Gasteiger partial charge >= 0.3 is 5.97 Å². The van der Waals surface area contributed by atoms with Crippen molar-refractivity contribution < 1.29 is 14.8 Å². The van der Waals surface area contributed by atoms with Crippen LogP contribution in [0, 0.1) is 10.1 Å². The van der Waals surface area contributed by atoms with Gasteiger partial charge in [-0.15, -0.1) is 0 Å². The van der Waals surface area contributed by atoms with Crippen LogP contribution in [0.5, 0.6) is 0 Å². The summed E-state index contributed by atoms with van der Waals surface area (Å²) in [6.07, 6.45) is 2.32. The summed E-state index contributed by atoms with van der Waals surface area (Å²) in [5.74, 6) is -1.07. The van der Waals surface area contributed by atoms with E-state index in [2.05, 4.69) is 15.9 Å². The molecule has 0 radical (unpaired) electrons. The highest BCUT2D eigenvalue weighted by molar-refractivity contribution is 9.10. The number of halogens is 1. The normalized spacial score (nSPS) is 10.5. The molecule has 0 saturated carbocycles. The van der Waals surface area contributed by atoms with Crippen LogP contribution in [-0.4, -0.2) is 16.0 Å². The molecule has 0 aliphatic carbocycles. The number of hydrogen-bond acceptors (Lipinski definition) is 3. The van der Waals surface area contributed by atoms with Crippen LogP contribution in [0.1, 0.15) is 5.56 Å². The Hall–Kier alpha value is -1.69. The number of nitro groups is 1. The van der Waals surface area contributed by atoms with Crippen LogP contribution < -0.4 is 0 Å². The lowest BCUT2D eigenvalue weighted by Crippen LogP contribution is -1.89. The first-order valence-corrected chi connectivity index (χ1v) is 4.65. The molecule has 0 aliphatic rings. The molecule has 0 amide bonds. The molecule has 0 spiro atoms. The zero-order valence-electron chi connectivity index (χ0n) is 7.38. The zero-order chi connectivity index (χ0) is 11.4. The van der Waals surface area contributed by atoms with Gasteiger partial charge in [-0.1, -0.05) is 0 Å². The van der Waals surface area contributed by atoms with Crippen molar-refractivity contribution in [3.63, 3.8) is 0 Å². The molecule has 0 aromatic heterocycles. The minimum atomic E-state index is -1.07. The van der Waals surface area contributed by atoms with E-state index in [4.69, 9.17) is 5.11 Å². The molecule has 1 aromatic carbocycles. The lowest BCUT2D eigenvalue weighted by Gasteiger charge is -1.97. The smallest absolute Gasteiger partial charge is 0.328 e. The lowest BCUT2D eigenvalue weighted by atomic mass is 10.2. The standard InChI is InChI=1S/C9H6BrNO4/c10-8-5-7(11(14)15)3-1-6(8)2-4-9(12)13/h1-5H,(H,12,13)/b4-2+. The predicted octanol–water partition coefficient (Wildman–Crippen LogP) is 2.46. The molecule has 1 N–H and O–H groups in total. The molecular weight excluding hydrogens is 266 g/mol. The van der Waals surface area contributed by atoms with Gasteiger partial charge in [0.2, 0.25) is 0 Å². The van der Waals surface area contributed by atoms with E-state index in [9.17, 15) is 14.9 Å². The minimum Gasteiger partial charge on any atom is -0.478 e. The molecule has 0 fully saturated rings. The number of nitrogens with zero attached hydrogens (tertiary/aromatic N) is 1.